The summed E-state index contributed by atoms with van der Waals surface area (Å²) in [6.45, 7) is 3.12. The molecule has 0 aliphatic heterocycles. The number of benzene rings is 2. The van der Waals surface area contributed by atoms with E-state index in [1.54, 1.807) is 11.3 Å². The summed E-state index contributed by atoms with van der Waals surface area (Å²) in [6.07, 6.45) is 2.96. The molecule has 2 aromatic carbocycles. The van der Waals surface area contributed by atoms with Crippen molar-refractivity contribution in [3.05, 3.63) is 64.6 Å². The van der Waals surface area contributed by atoms with Gasteiger partial charge in [0.05, 0.1) is 5.51 Å². The largest absolute Gasteiger partial charge is 0.310 e. The van der Waals surface area contributed by atoms with Gasteiger partial charge in [0, 0.05) is 23.5 Å². The molecule has 2 nitrogen and oxygen atoms in total. The van der Waals surface area contributed by atoms with Crippen LogP contribution in [0.25, 0.3) is 10.8 Å². The van der Waals surface area contributed by atoms with Crippen LogP contribution in [0.5, 0.6) is 0 Å². The molecule has 0 amide bonds. The van der Waals surface area contributed by atoms with E-state index in [0.717, 1.165) is 13.0 Å². The number of aromatic nitrogens is 1. The van der Waals surface area contributed by atoms with E-state index in [4.69, 9.17) is 0 Å². The number of fused-ring (bicyclic) bond motifs is 1. The number of likely N-dealkylation sites (N-methyl/N-ethyl adjacent to an activating group) is 1. The molecule has 0 saturated heterocycles. The molecule has 102 valence electrons. The first-order chi connectivity index (χ1) is 9.88. The van der Waals surface area contributed by atoms with Gasteiger partial charge in [0.2, 0.25) is 0 Å². The summed E-state index contributed by atoms with van der Waals surface area (Å²) >= 11 is 1.73. The lowest BCUT2D eigenvalue weighted by Gasteiger charge is -2.19. The highest BCUT2D eigenvalue weighted by Crippen LogP contribution is 2.27. The summed E-state index contributed by atoms with van der Waals surface area (Å²) in [5.41, 5.74) is 3.28. The Morgan fingerprint density at radius 1 is 1.15 bits per heavy atom. The Hall–Kier alpha value is -1.71. The van der Waals surface area contributed by atoms with Gasteiger partial charge in [-0.25, -0.2) is 0 Å². The lowest BCUT2D eigenvalue weighted by atomic mass is 9.96. The fourth-order valence-corrected chi connectivity index (χ4v) is 3.28. The fraction of sp³-hybridized carbons (Fsp3) is 0.235. The number of nitrogens with one attached hydrogen (secondary N) is 1. The van der Waals surface area contributed by atoms with Crippen molar-refractivity contribution in [3.8, 4) is 0 Å². The summed E-state index contributed by atoms with van der Waals surface area (Å²) in [6, 6.07) is 15.5. The van der Waals surface area contributed by atoms with E-state index in [2.05, 4.69) is 59.7 Å². The van der Waals surface area contributed by atoms with Crippen molar-refractivity contribution in [2.45, 2.75) is 19.4 Å². The van der Waals surface area contributed by atoms with Crippen LogP contribution in [0.1, 0.15) is 23.4 Å². The normalized spacial score (nSPS) is 12.7. The molecule has 1 aromatic heterocycles. The molecule has 0 fully saturated rings. The van der Waals surface area contributed by atoms with Gasteiger partial charge in [0.25, 0.3) is 0 Å². The van der Waals surface area contributed by atoms with E-state index in [-0.39, 0.29) is 0 Å². The molecule has 0 radical (unpaired) electrons. The summed E-state index contributed by atoms with van der Waals surface area (Å²) < 4.78 is 0. The van der Waals surface area contributed by atoms with Crippen molar-refractivity contribution in [1.82, 2.24) is 10.3 Å². The van der Waals surface area contributed by atoms with Gasteiger partial charge in [-0.3, -0.25) is 4.98 Å². The minimum Gasteiger partial charge on any atom is -0.310 e. The van der Waals surface area contributed by atoms with Crippen LogP contribution in [0.4, 0.5) is 0 Å². The molecule has 1 atom stereocenters. The minimum absolute atomic E-state index is 0.339. The summed E-state index contributed by atoms with van der Waals surface area (Å²) in [5, 5.41) is 6.25. The van der Waals surface area contributed by atoms with Crippen LogP contribution in [-0.2, 0) is 6.42 Å². The topological polar surface area (TPSA) is 24.9 Å². The third-order valence-corrected chi connectivity index (χ3v) is 4.34. The van der Waals surface area contributed by atoms with E-state index in [1.165, 1.54) is 21.2 Å². The molecule has 1 N–H and O–H groups in total. The summed E-state index contributed by atoms with van der Waals surface area (Å²) in [7, 11) is 0. The molecule has 0 spiro atoms. The zero-order valence-electron chi connectivity index (χ0n) is 11.5. The standard InChI is InChI=1S/C17H18N2S/c1-2-19-17(10-14-11-18-12-20-14)16-9-5-7-13-6-3-4-8-15(13)16/h3-9,11-12,17,19H,2,10H2,1H3. The SMILES string of the molecule is CCNC(Cc1cncs1)c1cccc2ccccc12. The predicted octanol–water partition coefficient (Wildman–Crippen LogP) is 4.19. The van der Waals surface area contributed by atoms with Crippen LogP contribution in [0.2, 0.25) is 0 Å². The highest BCUT2D eigenvalue weighted by Gasteiger charge is 2.14. The van der Waals surface area contributed by atoms with Gasteiger partial charge < -0.3 is 5.32 Å². The van der Waals surface area contributed by atoms with E-state index in [0.29, 0.717) is 6.04 Å². The third-order valence-electron chi connectivity index (χ3n) is 3.54. The quantitative estimate of drug-likeness (QED) is 0.759. The van der Waals surface area contributed by atoms with Crippen molar-refractivity contribution in [1.29, 1.82) is 0 Å². The number of nitrogens with zero attached hydrogens (tertiary/aromatic N) is 1. The van der Waals surface area contributed by atoms with Crippen LogP contribution < -0.4 is 5.32 Å². The Morgan fingerprint density at radius 2 is 2.00 bits per heavy atom. The van der Waals surface area contributed by atoms with Crippen LogP contribution in [0.15, 0.2) is 54.2 Å². The fourth-order valence-electron chi connectivity index (χ4n) is 2.64. The third kappa shape index (κ3) is 2.74. The lowest BCUT2D eigenvalue weighted by molar-refractivity contribution is 0.556. The highest BCUT2D eigenvalue weighted by atomic mass is 32.1. The molecule has 0 aliphatic rings. The molecule has 0 bridgehead atoms. The average Bonchev–Trinajstić information content (AvgIpc) is 2.99. The van der Waals surface area contributed by atoms with Gasteiger partial charge in [-0.05, 0) is 22.9 Å². The van der Waals surface area contributed by atoms with Crippen molar-refractivity contribution in [3.63, 3.8) is 0 Å². The number of rotatable bonds is 5. The van der Waals surface area contributed by atoms with Crippen LogP contribution in [0.3, 0.4) is 0 Å². The van der Waals surface area contributed by atoms with E-state index >= 15 is 0 Å². The highest BCUT2D eigenvalue weighted by molar-refractivity contribution is 7.09. The number of hydrogen-bond acceptors (Lipinski definition) is 3. The molecule has 20 heavy (non-hydrogen) atoms. The van der Waals surface area contributed by atoms with Crippen molar-refractivity contribution in [2.75, 3.05) is 6.54 Å². The molecule has 1 heterocycles. The summed E-state index contributed by atoms with van der Waals surface area (Å²) in [5.74, 6) is 0. The zero-order chi connectivity index (χ0) is 13.8. The van der Waals surface area contributed by atoms with Gasteiger partial charge in [0.15, 0.2) is 0 Å². The first-order valence-electron chi connectivity index (χ1n) is 6.97. The van der Waals surface area contributed by atoms with Crippen LogP contribution >= 0.6 is 11.3 Å². The van der Waals surface area contributed by atoms with Crippen LogP contribution in [-0.4, -0.2) is 11.5 Å². The first-order valence-corrected chi connectivity index (χ1v) is 7.85. The molecule has 3 rings (SSSR count). The van der Waals surface area contributed by atoms with Gasteiger partial charge in [0.1, 0.15) is 0 Å². The van der Waals surface area contributed by atoms with Gasteiger partial charge in [-0.15, -0.1) is 11.3 Å². The maximum atomic E-state index is 4.18. The maximum absolute atomic E-state index is 4.18. The Labute approximate surface area is 123 Å². The summed E-state index contributed by atoms with van der Waals surface area (Å²) in [4.78, 5) is 5.51. The molecule has 3 aromatic rings. The molecule has 1 unspecified atom stereocenters. The second-order valence-corrected chi connectivity index (χ2v) is 5.82. The van der Waals surface area contributed by atoms with E-state index in [1.807, 2.05) is 11.7 Å². The Kier molecular flexibility index (Phi) is 4.09. The second kappa shape index (κ2) is 6.16. The average molecular weight is 282 g/mol. The zero-order valence-corrected chi connectivity index (χ0v) is 12.4. The lowest BCUT2D eigenvalue weighted by Crippen LogP contribution is -2.22. The second-order valence-electron chi connectivity index (χ2n) is 4.85. The maximum Gasteiger partial charge on any atom is 0.0794 e. The Balaban J connectivity index is 2.00. The van der Waals surface area contributed by atoms with E-state index < -0.39 is 0 Å². The minimum atomic E-state index is 0.339. The van der Waals surface area contributed by atoms with Crippen molar-refractivity contribution >= 4 is 22.1 Å². The van der Waals surface area contributed by atoms with Gasteiger partial charge >= 0.3 is 0 Å². The molecule has 3 heteroatoms. The monoisotopic (exact) mass is 282 g/mol. The van der Waals surface area contributed by atoms with Crippen LogP contribution in [0, 0.1) is 0 Å². The number of thiazole rings is 1. The smallest absolute Gasteiger partial charge is 0.0794 e. The van der Waals surface area contributed by atoms with Crippen molar-refractivity contribution in [2.24, 2.45) is 0 Å². The number of hydrogen-bond donors (Lipinski definition) is 1. The first kappa shape index (κ1) is 13.3. The van der Waals surface area contributed by atoms with Crippen molar-refractivity contribution < 1.29 is 0 Å². The van der Waals surface area contributed by atoms with E-state index in [9.17, 15) is 0 Å². The van der Waals surface area contributed by atoms with Gasteiger partial charge in [-0.1, -0.05) is 49.4 Å². The molecular weight excluding hydrogens is 264 g/mol. The predicted molar refractivity (Wildman–Crippen MR) is 86.2 cm³/mol. The molecular formula is C17H18N2S. The Morgan fingerprint density at radius 3 is 2.80 bits per heavy atom. The van der Waals surface area contributed by atoms with Gasteiger partial charge in [-0.2, -0.15) is 0 Å². The molecule has 0 saturated carbocycles. The Bertz CT molecular complexity index is 671. The molecule has 0 aliphatic carbocycles.